The average molecular weight is 340 g/mol. The third kappa shape index (κ3) is 4.71. The van der Waals surface area contributed by atoms with E-state index in [-0.39, 0.29) is 4.90 Å². The molecule has 0 atom stereocenters. The molecule has 2 rings (SSSR count). The van der Waals surface area contributed by atoms with Gasteiger partial charge in [-0.05, 0) is 42.3 Å². The molecule has 0 aliphatic carbocycles. The Hall–Kier alpha value is -2.12. The monoisotopic (exact) mass is 339 g/mol. The van der Waals surface area contributed by atoms with Crippen LogP contribution < -0.4 is 10.0 Å². The number of urea groups is 1. The molecule has 0 radical (unpaired) electrons. The number of halogens is 1. The topological polar surface area (TPSA) is 88.2 Å². The number of aromatic nitrogens is 1. The van der Waals surface area contributed by atoms with E-state index in [9.17, 15) is 13.2 Å². The second-order valence-electron chi connectivity index (χ2n) is 4.43. The highest BCUT2D eigenvalue weighted by Gasteiger charge is 2.16. The van der Waals surface area contributed by atoms with E-state index in [0.717, 1.165) is 5.56 Å². The van der Waals surface area contributed by atoms with E-state index < -0.39 is 16.1 Å². The van der Waals surface area contributed by atoms with Gasteiger partial charge in [0.1, 0.15) is 0 Å². The third-order valence-corrected chi connectivity index (χ3v) is 4.37. The minimum Gasteiger partial charge on any atom is -0.337 e. The van der Waals surface area contributed by atoms with Gasteiger partial charge in [-0.15, -0.1) is 0 Å². The van der Waals surface area contributed by atoms with Gasteiger partial charge in [-0.25, -0.2) is 17.9 Å². The van der Waals surface area contributed by atoms with Crippen LogP contribution in [0.4, 0.5) is 4.79 Å². The molecule has 1 aromatic carbocycles. The molecule has 116 valence electrons. The molecule has 1 heterocycles. The maximum Gasteiger partial charge on any atom is 0.328 e. The van der Waals surface area contributed by atoms with Gasteiger partial charge in [0.25, 0.3) is 10.0 Å². The summed E-state index contributed by atoms with van der Waals surface area (Å²) in [5.41, 5.74) is 0.948. The highest BCUT2D eigenvalue weighted by atomic mass is 35.5. The van der Waals surface area contributed by atoms with Gasteiger partial charge in [0.2, 0.25) is 0 Å². The number of pyridine rings is 1. The Morgan fingerprint density at radius 2 is 1.91 bits per heavy atom. The fourth-order valence-corrected chi connectivity index (χ4v) is 2.75. The summed E-state index contributed by atoms with van der Waals surface area (Å²) >= 11 is 5.69. The van der Waals surface area contributed by atoms with Crippen molar-refractivity contribution in [2.24, 2.45) is 0 Å². The molecule has 0 saturated carbocycles. The minimum atomic E-state index is -3.90. The molecule has 0 spiro atoms. The van der Waals surface area contributed by atoms with Crippen LogP contribution in [0.1, 0.15) is 5.56 Å². The van der Waals surface area contributed by atoms with Crippen molar-refractivity contribution in [2.75, 3.05) is 6.54 Å². The van der Waals surface area contributed by atoms with Gasteiger partial charge in [-0.3, -0.25) is 4.98 Å². The summed E-state index contributed by atoms with van der Waals surface area (Å²) in [5.74, 6) is 0. The molecule has 0 aliphatic heterocycles. The highest BCUT2D eigenvalue weighted by Crippen LogP contribution is 2.13. The lowest BCUT2D eigenvalue weighted by atomic mass is 10.2. The second kappa shape index (κ2) is 7.24. The van der Waals surface area contributed by atoms with Crippen LogP contribution in [0.15, 0.2) is 53.7 Å². The van der Waals surface area contributed by atoms with Gasteiger partial charge >= 0.3 is 6.03 Å². The molecule has 0 aliphatic rings. The quantitative estimate of drug-likeness (QED) is 0.871. The first kappa shape index (κ1) is 16.3. The first-order valence-electron chi connectivity index (χ1n) is 6.42. The van der Waals surface area contributed by atoms with Crippen molar-refractivity contribution in [2.45, 2.75) is 11.3 Å². The summed E-state index contributed by atoms with van der Waals surface area (Å²) in [6.45, 7) is 0.299. The highest BCUT2D eigenvalue weighted by molar-refractivity contribution is 7.90. The number of rotatable bonds is 5. The number of benzene rings is 1. The number of amides is 2. The molecule has 0 bridgehead atoms. The average Bonchev–Trinajstić information content (AvgIpc) is 2.48. The zero-order valence-corrected chi connectivity index (χ0v) is 13.1. The fourth-order valence-electron chi connectivity index (χ4n) is 1.70. The molecule has 1 aromatic heterocycles. The first-order valence-corrected chi connectivity index (χ1v) is 8.28. The van der Waals surface area contributed by atoms with Crippen LogP contribution in [-0.2, 0) is 16.4 Å². The number of hydrogen-bond donors (Lipinski definition) is 2. The van der Waals surface area contributed by atoms with Gasteiger partial charge in [-0.2, -0.15) is 0 Å². The largest absolute Gasteiger partial charge is 0.337 e. The molecular formula is C14H14ClN3O3S. The van der Waals surface area contributed by atoms with Crippen molar-refractivity contribution in [3.05, 3.63) is 59.4 Å². The molecular weight excluding hydrogens is 326 g/mol. The van der Waals surface area contributed by atoms with Crippen LogP contribution in [0.25, 0.3) is 0 Å². The molecule has 0 fully saturated rings. The zero-order valence-electron chi connectivity index (χ0n) is 11.5. The SMILES string of the molecule is O=C(NCCc1cccnc1)NS(=O)(=O)c1ccc(Cl)cc1. The van der Waals surface area contributed by atoms with Gasteiger partial charge in [-0.1, -0.05) is 17.7 Å². The van der Waals surface area contributed by atoms with Crippen molar-refractivity contribution < 1.29 is 13.2 Å². The Balaban J connectivity index is 1.87. The number of nitrogens with one attached hydrogen (secondary N) is 2. The number of carbonyl (C=O) groups excluding carboxylic acids is 1. The van der Waals surface area contributed by atoms with Gasteiger partial charge in [0.15, 0.2) is 0 Å². The predicted molar refractivity (Wildman–Crippen MR) is 83.1 cm³/mol. The van der Waals surface area contributed by atoms with Crippen LogP contribution in [0, 0.1) is 0 Å². The van der Waals surface area contributed by atoms with Crippen LogP contribution in [0.2, 0.25) is 5.02 Å². The van der Waals surface area contributed by atoms with Crippen LogP contribution in [0.5, 0.6) is 0 Å². The Labute approximate surface area is 133 Å². The van der Waals surface area contributed by atoms with Crippen molar-refractivity contribution in [3.8, 4) is 0 Å². The minimum absolute atomic E-state index is 0.0284. The molecule has 2 aromatic rings. The summed E-state index contributed by atoms with van der Waals surface area (Å²) in [4.78, 5) is 15.6. The van der Waals surface area contributed by atoms with E-state index in [1.807, 2.05) is 10.8 Å². The molecule has 0 unspecified atom stereocenters. The summed E-state index contributed by atoms with van der Waals surface area (Å²) in [6.07, 6.45) is 3.90. The van der Waals surface area contributed by atoms with Gasteiger partial charge in [0, 0.05) is 24.0 Å². The zero-order chi connectivity index (χ0) is 16.0. The van der Waals surface area contributed by atoms with E-state index in [1.54, 1.807) is 18.5 Å². The van der Waals surface area contributed by atoms with Gasteiger partial charge in [0.05, 0.1) is 4.90 Å². The third-order valence-electron chi connectivity index (χ3n) is 2.77. The predicted octanol–water partition coefficient (Wildman–Crippen LogP) is 1.97. The number of nitrogens with zero attached hydrogens (tertiary/aromatic N) is 1. The van der Waals surface area contributed by atoms with E-state index in [0.29, 0.717) is 18.0 Å². The number of carbonyl (C=O) groups is 1. The number of sulfonamides is 1. The maximum absolute atomic E-state index is 12.0. The van der Waals surface area contributed by atoms with Gasteiger partial charge < -0.3 is 5.32 Å². The van der Waals surface area contributed by atoms with E-state index in [1.165, 1.54) is 24.3 Å². The summed E-state index contributed by atoms with van der Waals surface area (Å²) in [7, 11) is -3.90. The summed E-state index contributed by atoms with van der Waals surface area (Å²) < 4.78 is 25.9. The van der Waals surface area contributed by atoms with Crippen LogP contribution in [-0.4, -0.2) is 26.0 Å². The lowest BCUT2D eigenvalue weighted by Gasteiger charge is -2.08. The Kier molecular flexibility index (Phi) is 5.35. The fraction of sp³-hybridized carbons (Fsp3) is 0.143. The van der Waals surface area contributed by atoms with E-state index in [4.69, 9.17) is 11.6 Å². The van der Waals surface area contributed by atoms with Crippen molar-refractivity contribution in [3.63, 3.8) is 0 Å². The maximum atomic E-state index is 12.0. The normalized spacial score (nSPS) is 11.0. The first-order chi connectivity index (χ1) is 10.5. The molecule has 2 N–H and O–H groups in total. The lowest BCUT2D eigenvalue weighted by molar-refractivity contribution is 0.246. The number of hydrogen-bond acceptors (Lipinski definition) is 4. The summed E-state index contributed by atoms with van der Waals surface area (Å²) in [5, 5.41) is 2.90. The Bertz CT molecular complexity index is 734. The molecule has 0 saturated heterocycles. The van der Waals surface area contributed by atoms with Crippen molar-refractivity contribution in [1.29, 1.82) is 0 Å². The molecule has 2 amide bonds. The Morgan fingerprint density at radius 1 is 1.18 bits per heavy atom. The van der Waals surface area contributed by atoms with Crippen LogP contribution >= 0.6 is 11.6 Å². The lowest BCUT2D eigenvalue weighted by Crippen LogP contribution is -2.40. The Morgan fingerprint density at radius 3 is 2.55 bits per heavy atom. The van der Waals surface area contributed by atoms with Crippen molar-refractivity contribution in [1.82, 2.24) is 15.0 Å². The smallest absolute Gasteiger partial charge is 0.328 e. The second-order valence-corrected chi connectivity index (χ2v) is 6.55. The van der Waals surface area contributed by atoms with E-state index in [2.05, 4.69) is 10.3 Å². The van der Waals surface area contributed by atoms with E-state index >= 15 is 0 Å². The standard InChI is InChI=1S/C14H14ClN3O3S/c15-12-3-5-13(6-4-12)22(20,21)18-14(19)17-9-7-11-2-1-8-16-10-11/h1-6,8,10H,7,9H2,(H2,17,18,19). The molecule has 8 heteroatoms. The van der Waals surface area contributed by atoms with Crippen LogP contribution in [0.3, 0.4) is 0 Å². The molecule has 22 heavy (non-hydrogen) atoms. The molecule has 6 nitrogen and oxygen atoms in total. The summed E-state index contributed by atoms with van der Waals surface area (Å²) in [6, 6.07) is 8.42. The van der Waals surface area contributed by atoms with Crippen molar-refractivity contribution >= 4 is 27.7 Å².